The Morgan fingerprint density at radius 1 is 1.38 bits per heavy atom. The van der Waals surface area contributed by atoms with Gasteiger partial charge in [0.05, 0.1) is 6.54 Å². The van der Waals surface area contributed by atoms with E-state index >= 15 is 0 Å². The van der Waals surface area contributed by atoms with Crippen molar-refractivity contribution in [3.05, 3.63) is 18.2 Å². The minimum absolute atomic E-state index is 0.203. The molecule has 0 radical (unpaired) electrons. The zero-order valence-corrected chi connectivity index (χ0v) is 15.3. The Bertz CT molecular complexity index is 665. The van der Waals surface area contributed by atoms with Crippen LogP contribution in [0, 0.1) is 0 Å². The fourth-order valence-electron chi connectivity index (χ4n) is 3.02. The molecular weight excluding hydrogens is 336 g/mol. The van der Waals surface area contributed by atoms with Crippen molar-refractivity contribution in [1.82, 2.24) is 15.5 Å². The number of ether oxygens (including phenoxy) is 3. The highest BCUT2D eigenvalue weighted by Crippen LogP contribution is 2.34. The number of carbonyl (C=O) groups is 1. The lowest BCUT2D eigenvalue weighted by atomic mass is 10.3. The number of aliphatic imine (C=N–C) groups is 1. The molecule has 3 rings (SSSR count). The SMILES string of the molecule is CCC(=O)N1CCC(NC(=NC)NCCOc2ccc3c(c2)OCO3)C1. The molecule has 142 valence electrons. The summed E-state index contributed by atoms with van der Waals surface area (Å²) in [6.45, 7) is 4.77. The monoisotopic (exact) mass is 362 g/mol. The number of benzene rings is 1. The third-order valence-corrected chi connectivity index (χ3v) is 4.42. The highest BCUT2D eigenvalue weighted by atomic mass is 16.7. The predicted molar refractivity (Wildman–Crippen MR) is 97.8 cm³/mol. The molecule has 0 aliphatic carbocycles. The Morgan fingerprint density at radius 2 is 2.23 bits per heavy atom. The molecule has 0 saturated carbocycles. The molecule has 26 heavy (non-hydrogen) atoms. The molecule has 8 heteroatoms. The number of hydrogen-bond donors (Lipinski definition) is 2. The maximum absolute atomic E-state index is 11.8. The third-order valence-electron chi connectivity index (χ3n) is 4.42. The van der Waals surface area contributed by atoms with E-state index in [1.54, 1.807) is 7.05 Å². The average Bonchev–Trinajstić information content (AvgIpc) is 3.32. The molecule has 1 aromatic rings. The van der Waals surface area contributed by atoms with E-state index in [9.17, 15) is 4.79 Å². The highest BCUT2D eigenvalue weighted by molar-refractivity contribution is 5.80. The van der Waals surface area contributed by atoms with Gasteiger partial charge in [0.25, 0.3) is 0 Å². The van der Waals surface area contributed by atoms with Crippen LogP contribution in [0.15, 0.2) is 23.2 Å². The molecule has 2 aliphatic heterocycles. The number of nitrogens with one attached hydrogen (secondary N) is 2. The first-order valence-corrected chi connectivity index (χ1v) is 8.97. The standard InChI is InChI=1S/C18H26N4O4/c1-3-17(23)22-8-6-13(11-22)21-18(19-2)20-7-9-24-14-4-5-15-16(10-14)26-12-25-15/h4-5,10,13H,3,6-9,11-12H2,1-2H3,(H2,19,20,21). The van der Waals surface area contributed by atoms with Gasteiger partial charge in [-0.2, -0.15) is 0 Å². The Balaban J connectivity index is 1.37. The van der Waals surface area contributed by atoms with E-state index in [2.05, 4.69) is 15.6 Å². The largest absolute Gasteiger partial charge is 0.492 e. The molecule has 2 heterocycles. The normalized spacial score (nSPS) is 18.8. The lowest BCUT2D eigenvalue weighted by Crippen LogP contribution is -2.46. The average molecular weight is 362 g/mol. The van der Waals surface area contributed by atoms with Crippen LogP contribution in [-0.4, -0.2) is 62.9 Å². The Morgan fingerprint density at radius 3 is 3.04 bits per heavy atom. The molecular formula is C18H26N4O4. The first-order valence-electron chi connectivity index (χ1n) is 8.97. The minimum atomic E-state index is 0.203. The quantitative estimate of drug-likeness (QED) is 0.446. The summed E-state index contributed by atoms with van der Waals surface area (Å²) >= 11 is 0. The topological polar surface area (TPSA) is 84.4 Å². The van der Waals surface area contributed by atoms with Gasteiger partial charge in [-0.3, -0.25) is 9.79 Å². The number of guanidine groups is 1. The van der Waals surface area contributed by atoms with E-state index in [1.807, 2.05) is 30.0 Å². The van der Waals surface area contributed by atoms with Gasteiger partial charge in [-0.15, -0.1) is 0 Å². The molecule has 2 aliphatic rings. The fourth-order valence-corrected chi connectivity index (χ4v) is 3.02. The summed E-state index contributed by atoms with van der Waals surface area (Å²) in [5.41, 5.74) is 0. The number of carbonyl (C=O) groups excluding carboxylic acids is 1. The molecule has 0 aromatic heterocycles. The van der Waals surface area contributed by atoms with E-state index in [0.717, 1.165) is 37.0 Å². The van der Waals surface area contributed by atoms with Crippen molar-refractivity contribution in [2.24, 2.45) is 4.99 Å². The predicted octanol–water partition coefficient (Wildman–Crippen LogP) is 0.970. The van der Waals surface area contributed by atoms with Crippen molar-refractivity contribution >= 4 is 11.9 Å². The van der Waals surface area contributed by atoms with Gasteiger partial charge >= 0.3 is 0 Å². The summed E-state index contributed by atoms with van der Waals surface area (Å²) < 4.78 is 16.3. The van der Waals surface area contributed by atoms with Crippen LogP contribution in [0.4, 0.5) is 0 Å². The van der Waals surface area contributed by atoms with E-state index in [1.165, 1.54) is 0 Å². The lowest BCUT2D eigenvalue weighted by molar-refractivity contribution is -0.129. The number of likely N-dealkylation sites (tertiary alicyclic amines) is 1. The Hall–Kier alpha value is -2.64. The van der Waals surface area contributed by atoms with Gasteiger partial charge in [0.1, 0.15) is 12.4 Å². The molecule has 0 bridgehead atoms. The summed E-state index contributed by atoms with van der Waals surface area (Å²) in [6.07, 6.45) is 1.48. The van der Waals surface area contributed by atoms with Gasteiger partial charge < -0.3 is 29.7 Å². The second kappa shape index (κ2) is 8.64. The van der Waals surface area contributed by atoms with Crippen LogP contribution in [0.3, 0.4) is 0 Å². The Kier molecular flexibility index (Phi) is 6.04. The summed E-state index contributed by atoms with van der Waals surface area (Å²) in [5, 5.41) is 6.59. The van der Waals surface area contributed by atoms with Crippen molar-refractivity contribution in [2.75, 3.05) is 40.1 Å². The van der Waals surface area contributed by atoms with E-state index < -0.39 is 0 Å². The maximum atomic E-state index is 11.8. The number of hydrogen-bond acceptors (Lipinski definition) is 5. The molecule has 1 amide bonds. The van der Waals surface area contributed by atoms with Gasteiger partial charge in [-0.25, -0.2) is 0 Å². The van der Waals surface area contributed by atoms with Crippen LogP contribution >= 0.6 is 0 Å². The van der Waals surface area contributed by atoms with Crippen molar-refractivity contribution in [3.8, 4) is 17.2 Å². The van der Waals surface area contributed by atoms with Crippen LogP contribution in [0.2, 0.25) is 0 Å². The second-order valence-electron chi connectivity index (χ2n) is 6.19. The fraction of sp³-hybridized carbons (Fsp3) is 0.556. The zero-order chi connectivity index (χ0) is 18.4. The van der Waals surface area contributed by atoms with Crippen molar-refractivity contribution < 1.29 is 19.0 Å². The number of nitrogens with zero attached hydrogens (tertiary/aromatic N) is 2. The zero-order valence-electron chi connectivity index (χ0n) is 15.3. The minimum Gasteiger partial charge on any atom is -0.492 e. The molecule has 1 unspecified atom stereocenters. The van der Waals surface area contributed by atoms with Crippen LogP contribution in [0.1, 0.15) is 19.8 Å². The van der Waals surface area contributed by atoms with Gasteiger partial charge in [0.15, 0.2) is 17.5 Å². The molecule has 1 aromatic carbocycles. The maximum Gasteiger partial charge on any atom is 0.231 e. The van der Waals surface area contributed by atoms with E-state index in [4.69, 9.17) is 14.2 Å². The van der Waals surface area contributed by atoms with Crippen LogP contribution in [0.25, 0.3) is 0 Å². The molecule has 0 spiro atoms. The molecule has 1 atom stereocenters. The van der Waals surface area contributed by atoms with Gasteiger partial charge in [0.2, 0.25) is 12.7 Å². The number of amides is 1. The smallest absolute Gasteiger partial charge is 0.231 e. The van der Waals surface area contributed by atoms with Gasteiger partial charge in [-0.05, 0) is 18.6 Å². The van der Waals surface area contributed by atoms with Gasteiger partial charge in [-0.1, -0.05) is 6.92 Å². The summed E-state index contributed by atoms with van der Waals surface area (Å²) in [6, 6.07) is 5.76. The Labute approximate surface area is 153 Å². The van der Waals surface area contributed by atoms with E-state index in [0.29, 0.717) is 25.3 Å². The lowest BCUT2D eigenvalue weighted by Gasteiger charge is -2.18. The number of rotatable bonds is 6. The molecule has 1 fully saturated rings. The first kappa shape index (κ1) is 18.2. The highest BCUT2D eigenvalue weighted by Gasteiger charge is 2.25. The molecule has 8 nitrogen and oxygen atoms in total. The van der Waals surface area contributed by atoms with Crippen LogP contribution < -0.4 is 24.8 Å². The van der Waals surface area contributed by atoms with Crippen molar-refractivity contribution in [1.29, 1.82) is 0 Å². The summed E-state index contributed by atoms with van der Waals surface area (Å²) in [4.78, 5) is 17.9. The molecule has 1 saturated heterocycles. The van der Waals surface area contributed by atoms with Crippen molar-refractivity contribution in [3.63, 3.8) is 0 Å². The summed E-state index contributed by atoms with van der Waals surface area (Å²) in [5.74, 6) is 3.11. The third kappa shape index (κ3) is 4.50. The first-order chi connectivity index (χ1) is 12.7. The second-order valence-corrected chi connectivity index (χ2v) is 6.19. The number of fused-ring (bicyclic) bond motifs is 1. The van der Waals surface area contributed by atoms with Crippen LogP contribution in [0.5, 0.6) is 17.2 Å². The van der Waals surface area contributed by atoms with Gasteiger partial charge in [0, 0.05) is 38.7 Å². The molecule has 2 N–H and O–H groups in total. The van der Waals surface area contributed by atoms with Crippen LogP contribution in [-0.2, 0) is 4.79 Å². The summed E-state index contributed by atoms with van der Waals surface area (Å²) in [7, 11) is 1.73. The van der Waals surface area contributed by atoms with Crippen molar-refractivity contribution in [2.45, 2.75) is 25.8 Å². The van der Waals surface area contributed by atoms with E-state index in [-0.39, 0.29) is 18.7 Å².